The number of thiophene rings is 1. The van der Waals surface area contributed by atoms with Gasteiger partial charge in [0.25, 0.3) is 5.91 Å². The number of halogens is 3. The summed E-state index contributed by atoms with van der Waals surface area (Å²) in [5, 5.41) is 0.792. The summed E-state index contributed by atoms with van der Waals surface area (Å²) < 4.78 is 1.84. The lowest BCUT2D eigenvalue weighted by atomic mass is 10.2. The van der Waals surface area contributed by atoms with Gasteiger partial charge < -0.3 is 4.90 Å². The first-order chi connectivity index (χ1) is 7.47. The minimum atomic E-state index is 0.0725. The van der Waals surface area contributed by atoms with Gasteiger partial charge in [0.05, 0.1) is 13.1 Å². The smallest absolute Gasteiger partial charge is 0.256 e. The number of hydrogen-bond donors (Lipinski definition) is 0. The topological polar surface area (TPSA) is 20.3 Å². The number of hydrogen-bond acceptors (Lipinski definition) is 2. The van der Waals surface area contributed by atoms with E-state index in [4.69, 9.17) is 0 Å². The van der Waals surface area contributed by atoms with Crippen molar-refractivity contribution in [3.63, 3.8) is 0 Å². The van der Waals surface area contributed by atoms with Crippen LogP contribution in [-0.2, 0) is 0 Å². The Bertz CT molecular complexity index is 378. The van der Waals surface area contributed by atoms with Gasteiger partial charge in [0, 0.05) is 17.9 Å². The van der Waals surface area contributed by atoms with Gasteiger partial charge in [0.15, 0.2) is 0 Å². The number of rotatable bonds is 4. The highest BCUT2D eigenvalue weighted by molar-refractivity contribution is 9.12. The number of carbonyl (C=O) groups is 1. The molecule has 0 aliphatic rings. The van der Waals surface area contributed by atoms with Gasteiger partial charge in [-0.1, -0.05) is 15.9 Å². The predicted molar refractivity (Wildman–Crippen MR) is 79.7 cm³/mol. The van der Waals surface area contributed by atoms with Crippen LogP contribution in [0.25, 0.3) is 0 Å². The molecule has 0 unspecified atom stereocenters. The third-order valence-electron chi connectivity index (χ3n) is 2.10. The van der Waals surface area contributed by atoms with Gasteiger partial charge in [-0.3, -0.25) is 4.79 Å². The highest BCUT2D eigenvalue weighted by atomic mass is 79.9. The van der Waals surface area contributed by atoms with Gasteiger partial charge in [-0.2, -0.15) is 0 Å². The molecule has 0 spiro atoms. The minimum absolute atomic E-state index is 0.0725. The van der Waals surface area contributed by atoms with E-state index in [0.717, 1.165) is 25.0 Å². The van der Waals surface area contributed by atoms with Crippen molar-refractivity contribution in [1.29, 1.82) is 0 Å². The summed E-state index contributed by atoms with van der Waals surface area (Å²) in [6.07, 6.45) is 0. The van der Waals surface area contributed by atoms with Crippen molar-refractivity contribution < 1.29 is 4.79 Å². The molecule has 1 heterocycles. The zero-order valence-electron chi connectivity index (χ0n) is 8.97. The van der Waals surface area contributed by atoms with Crippen LogP contribution in [0.2, 0.25) is 0 Å². The maximum absolute atomic E-state index is 12.3. The molecular weight excluding hydrogens is 422 g/mol. The van der Waals surface area contributed by atoms with Crippen LogP contribution in [0.15, 0.2) is 13.6 Å². The first-order valence-electron chi connectivity index (χ1n) is 4.79. The SMILES string of the molecule is CC(C)N(CCBr)C(=O)c1cc(Br)sc1Br. The maximum Gasteiger partial charge on any atom is 0.256 e. The number of amides is 1. The predicted octanol–water partition coefficient (Wildman–Crippen LogP) is 4.52. The Hall–Kier alpha value is 0.610. The molecule has 1 amide bonds. The molecule has 0 aromatic carbocycles. The summed E-state index contributed by atoms with van der Waals surface area (Å²) in [5.74, 6) is 0.0725. The molecule has 0 atom stereocenters. The Kier molecular flexibility index (Phi) is 5.98. The third-order valence-corrected chi connectivity index (χ3v) is 4.79. The largest absolute Gasteiger partial charge is 0.335 e. The number of nitrogens with zero attached hydrogens (tertiary/aromatic N) is 1. The van der Waals surface area contributed by atoms with Crippen LogP contribution in [0.3, 0.4) is 0 Å². The molecule has 0 bridgehead atoms. The average molecular weight is 434 g/mol. The third kappa shape index (κ3) is 3.55. The summed E-state index contributed by atoms with van der Waals surface area (Å²) in [7, 11) is 0. The van der Waals surface area contributed by atoms with Crippen molar-refractivity contribution in [2.45, 2.75) is 19.9 Å². The van der Waals surface area contributed by atoms with Crippen LogP contribution in [0.4, 0.5) is 0 Å². The first kappa shape index (κ1) is 14.7. The number of carbonyl (C=O) groups excluding carboxylic acids is 1. The fourth-order valence-electron chi connectivity index (χ4n) is 1.33. The maximum atomic E-state index is 12.3. The molecule has 2 nitrogen and oxygen atoms in total. The Balaban J connectivity index is 2.94. The quantitative estimate of drug-likeness (QED) is 0.639. The van der Waals surface area contributed by atoms with E-state index in [0.29, 0.717) is 0 Å². The van der Waals surface area contributed by atoms with E-state index in [-0.39, 0.29) is 11.9 Å². The Morgan fingerprint density at radius 1 is 1.50 bits per heavy atom. The minimum Gasteiger partial charge on any atom is -0.335 e. The van der Waals surface area contributed by atoms with Gasteiger partial charge in [0.1, 0.15) is 0 Å². The Morgan fingerprint density at radius 2 is 2.12 bits per heavy atom. The summed E-state index contributed by atoms with van der Waals surface area (Å²) in [4.78, 5) is 14.1. The number of alkyl halides is 1. The van der Waals surface area contributed by atoms with Crippen LogP contribution < -0.4 is 0 Å². The molecule has 0 N–H and O–H groups in total. The summed E-state index contributed by atoms with van der Waals surface area (Å²) in [6, 6.07) is 2.07. The molecule has 0 radical (unpaired) electrons. The Morgan fingerprint density at radius 3 is 2.50 bits per heavy atom. The van der Waals surface area contributed by atoms with Gasteiger partial charge >= 0.3 is 0 Å². The average Bonchev–Trinajstić information content (AvgIpc) is 2.53. The van der Waals surface area contributed by atoms with Gasteiger partial charge in [-0.25, -0.2) is 0 Å². The van der Waals surface area contributed by atoms with Crippen LogP contribution in [0.1, 0.15) is 24.2 Å². The fraction of sp³-hybridized carbons (Fsp3) is 0.500. The first-order valence-corrected chi connectivity index (χ1v) is 8.31. The molecule has 16 heavy (non-hydrogen) atoms. The van der Waals surface area contributed by atoms with Crippen LogP contribution in [0, 0.1) is 0 Å². The van der Waals surface area contributed by atoms with Crippen LogP contribution >= 0.6 is 59.1 Å². The lowest BCUT2D eigenvalue weighted by Gasteiger charge is -2.25. The standard InChI is InChI=1S/C10H12Br3NOS/c1-6(2)14(4-3-11)10(15)7-5-8(12)16-9(7)13/h5-6H,3-4H2,1-2H3. The molecule has 0 aliphatic carbocycles. The zero-order chi connectivity index (χ0) is 12.3. The van der Waals surface area contributed by atoms with Crippen molar-refractivity contribution in [1.82, 2.24) is 4.90 Å². The summed E-state index contributed by atoms with van der Waals surface area (Å²) >= 11 is 11.7. The van der Waals surface area contributed by atoms with Crippen molar-refractivity contribution in [3.05, 3.63) is 19.2 Å². The van der Waals surface area contributed by atoms with E-state index < -0.39 is 0 Å². The lowest BCUT2D eigenvalue weighted by molar-refractivity contribution is 0.0719. The van der Waals surface area contributed by atoms with E-state index in [2.05, 4.69) is 47.8 Å². The molecule has 6 heteroatoms. The van der Waals surface area contributed by atoms with Gasteiger partial charge in [0.2, 0.25) is 0 Å². The summed E-state index contributed by atoms with van der Waals surface area (Å²) in [6.45, 7) is 4.77. The molecule has 1 aromatic rings. The van der Waals surface area contributed by atoms with E-state index in [1.54, 1.807) is 0 Å². The second-order valence-corrected chi connectivity index (χ2v) is 8.06. The van der Waals surface area contributed by atoms with Crippen LogP contribution in [0.5, 0.6) is 0 Å². The zero-order valence-corrected chi connectivity index (χ0v) is 14.5. The highest BCUT2D eigenvalue weighted by Crippen LogP contribution is 2.32. The fourth-order valence-corrected chi connectivity index (χ4v) is 4.49. The van der Waals surface area contributed by atoms with Crippen molar-refractivity contribution in [2.24, 2.45) is 0 Å². The molecule has 90 valence electrons. The molecule has 0 aliphatic heterocycles. The molecule has 1 aromatic heterocycles. The molecule has 1 rings (SSSR count). The molecular formula is C10H12Br3NOS. The molecule has 0 saturated heterocycles. The van der Waals surface area contributed by atoms with Crippen molar-refractivity contribution in [2.75, 3.05) is 11.9 Å². The molecule has 0 saturated carbocycles. The van der Waals surface area contributed by atoms with E-state index >= 15 is 0 Å². The van der Waals surface area contributed by atoms with Crippen molar-refractivity contribution in [3.8, 4) is 0 Å². The normalized spacial score (nSPS) is 10.9. The second-order valence-electron chi connectivity index (χ2n) is 3.52. The van der Waals surface area contributed by atoms with Gasteiger partial charge in [-0.15, -0.1) is 11.3 Å². The Labute approximate surface area is 125 Å². The highest BCUT2D eigenvalue weighted by Gasteiger charge is 2.21. The molecule has 0 fully saturated rings. The van der Waals surface area contributed by atoms with E-state index in [9.17, 15) is 4.79 Å². The van der Waals surface area contributed by atoms with Crippen LogP contribution in [-0.4, -0.2) is 28.7 Å². The van der Waals surface area contributed by atoms with E-state index in [1.807, 2.05) is 24.8 Å². The lowest BCUT2D eigenvalue weighted by Crippen LogP contribution is -2.38. The second kappa shape index (κ2) is 6.52. The van der Waals surface area contributed by atoms with Crippen molar-refractivity contribution >= 4 is 65.0 Å². The van der Waals surface area contributed by atoms with E-state index in [1.165, 1.54) is 11.3 Å². The summed E-state index contributed by atoms with van der Waals surface area (Å²) in [5.41, 5.74) is 0.728. The van der Waals surface area contributed by atoms with Gasteiger partial charge in [-0.05, 0) is 51.8 Å². The monoisotopic (exact) mass is 431 g/mol.